The number of nitrogens with one attached hydrogen (secondary N) is 1. The molecule has 2 amide bonds. The van der Waals surface area contributed by atoms with E-state index in [1.165, 1.54) is 0 Å². The highest BCUT2D eigenvalue weighted by atomic mass is 35.5. The first kappa shape index (κ1) is 26.8. The third kappa shape index (κ3) is 7.61. The van der Waals surface area contributed by atoms with Crippen molar-refractivity contribution in [2.24, 2.45) is 0 Å². The molecular weight excluding hydrogens is 491 g/mol. The van der Waals surface area contributed by atoms with Crippen LogP contribution < -0.4 is 10.1 Å². The predicted octanol–water partition coefficient (Wildman–Crippen LogP) is 5.83. The van der Waals surface area contributed by atoms with Gasteiger partial charge in [-0.1, -0.05) is 29.3 Å². The average molecular weight is 521 g/mol. The highest BCUT2D eigenvalue weighted by Gasteiger charge is 2.28. The number of alkyl carbamates (subject to hydrolysis) is 1. The van der Waals surface area contributed by atoms with Crippen molar-refractivity contribution in [2.75, 3.05) is 13.1 Å². The van der Waals surface area contributed by atoms with E-state index in [9.17, 15) is 14.4 Å². The van der Waals surface area contributed by atoms with E-state index < -0.39 is 17.7 Å². The van der Waals surface area contributed by atoms with Gasteiger partial charge < -0.3 is 19.7 Å². The van der Waals surface area contributed by atoms with E-state index in [0.29, 0.717) is 35.0 Å². The summed E-state index contributed by atoms with van der Waals surface area (Å²) >= 11 is 12.2. The number of ketones is 1. The van der Waals surface area contributed by atoms with Crippen molar-refractivity contribution in [3.05, 3.63) is 63.6 Å². The summed E-state index contributed by atoms with van der Waals surface area (Å²) in [7, 11) is 0. The predicted molar refractivity (Wildman–Crippen MR) is 135 cm³/mol. The average Bonchev–Trinajstić information content (AvgIpc) is 2.79. The van der Waals surface area contributed by atoms with Crippen LogP contribution in [0.2, 0.25) is 10.0 Å². The molecule has 0 bridgehead atoms. The molecule has 0 radical (unpaired) electrons. The van der Waals surface area contributed by atoms with Crippen LogP contribution in [0.1, 0.15) is 62.5 Å². The summed E-state index contributed by atoms with van der Waals surface area (Å²) in [5, 5.41) is 3.27. The normalized spacial score (nSPS) is 15.3. The Morgan fingerprint density at radius 3 is 2.17 bits per heavy atom. The molecule has 9 heteroatoms. The molecular formula is C26H30Cl2N2O5. The number of hydrogen-bond acceptors (Lipinski definition) is 5. The van der Waals surface area contributed by atoms with E-state index in [1.807, 2.05) is 4.90 Å². The monoisotopic (exact) mass is 520 g/mol. The molecule has 1 atom stereocenters. The number of hydrogen-bond donors (Lipinski definition) is 1. The van der Waals surface area contributed by atoms with Crippen LogP contribution >= 0.6 is 23.2 Å². The van der Waals surface area contributed by atoms with Gasteiger partial charge in [0.2, 0.25) is 5.91 Å². The zero-order valence-corrected chi connectivity index (χ0v) is 21.8. The van der Waals surface area contributed by atoms with Crippen LogP contribution in [0.5, 0.6) is 5.75 Å². The number of carbonyl (C=O) groups excluding carboxylic acids is 3. The molecule has 0 aliphatic carbocycles. The highest BCUT2D eigenvalue weighted by Crippen LogP contribution is 2.28. The van der Waals surface area contributed by atoms with E-state index in [1.54, 1.807) is 70.2 Å². The molecule has 2 aromatic rings. The van der Waals surface area contributed by atoms with Crippen molar-refractivity contribution in [3.63, 3.8) is 0 Å². The minimum Gasteiger partial charge on any atom is -0.490 e. The Hall–Kier alpha value is -2.77. The summed E-state index contributed by atoms with van der Waals surface area (Å²) in [4.78, 5) is 39.2. The van der Waals surface area contributed by atoms with Crippen LogP contribution in [0.15, 0.2) is 42.5 Å². The first-order valence-electron chi connectivity index (χ1n) is 11.4. The molecule has 7 nitrogen and oxygen atoms in total. The Morgan fingerprint density at radius 1 is 1.00 bits per heavy atom. The molecule has 35 heavy (non-hydrogen) atoms. The van der Waals surface area contributed by atoms with Gasteiger partial charge in [-0.25, -0.2) is 4.79 Å². The summed E-state index contributed by atoms with van der Waals surface area (Å²) in [6.45, 7) is 8.12. The third-order valence-electron chi connectivity index (χ3n) is 5.53. The number of carbonyl (C=O) groups is 3. The number of nitrogens with zero attached hydrogens (tertiary/aromatic N) is 1. The number of halogens is 2. The lowest BCUT2D eigenvalue weighted by molar-refractivity contribution is -0.130. The van der Waals surface area contributed by atoms with Crippen LogP contribution in [-0.4, -0.2) is 47.5 Å². The van der Waals surface area contributed by atoms with Gasteiger partial charge in [0, 0.05) is 38.4 Å². The van der Waals surface area contributed by atoms with Crippen LogP contribution in [0.3, 0.4) is 0 Å². The van der Waals surface area contributed by atoms with Crippen LogP contribution in [0, 0.1) is 0 Å². The molecule has 188 valence electrons. The SMILES string of the molecule is CC(=O)N1CCC(Oc2ccc(C(=O)C(NC(=O)OC(C)(C)C)c3ccc(Cl)c(Cl)c3)cc2)CC1. The molecule has 1 N–H and O–H groups in total. The molecule has 1 saturated heterocycles. The first-order chi connectivity index (χ1) is 16.4. The number of rotatable bonds is 6. The molecule has 0 saturated carbocycles. The highest BCUT2D eigenvalue weighted by molar-refractivity contribution is 6.42. The maximum Gasteiger partial charge on any atom is 0.408 e. The van der Waals surface area contributed by atoms with Crippen molar-refractivity contribution < 1.29 is 23.9 Å². The minimum atomic E-state index is -1.03. The second kappa shape index (κ2) is 11.3. The summed E-state index contributed by atoms with van der Waals surface area (Å²) < 4.78 is 11.4. The lowest BCUT2D eigenvalue weighted by Gasteiger charge is -2.31. The standard InChI is InChI=1S/C26H30Cl2N2O5/c1-16(31)30-13-11-20(12-14-30)34-19-8-5-17(6-9-19)24(32)23(29-25(33)35-26(2,3)4)18-7-10-21(27)22(28)15-18/h5-10,15,20,23H,11-14H2,1-4H3,(H,29,33). The summed E-state index contributed by atoms with van der Waals surface area (Å²) in [5.74, 6) is 0.368. The molecule has 0 spiro atoms. The van der Waals surface area contributed by atoms with Gasteiger partial charge in [-0.15, -0.1) is 0 Å². The molecule has 1 fully saturated rings. The van der Waals surface area contributed by atoms with E-state index in [4.69, 9.17) is 32.7 Å². The van der Waals surface area contributed by atoms with Gasteiger partial charge in [-0.2, -0.15) is 0 Å². The number of Topliss-reactive ketones (excluding diaryl/α,β-unsaturated/α-hetero) is 1. The van der Waals surface area contributed by atoms with Gasteiger partial charge in [0.05, 0.1) is 10.0 Å². The first-order valence-corrected chi connectivity index (χ1v) is 12.2. The minimum absolute atomic E-state index is 0.00458. The molecule has 1 heterocycles. The van der Waals surface area contributed by atoms with Gasteiger partial charge in [0.1, 0.15) is 23.5 Å². The molecule has 2 aromatic carbocycles. The van der Waals surface area contributed by atoms with Gasteiger partial charge in [0.15, 0.2) is 5.78 Å². The summed E-state index contributed by atoms with van der Waals surface area (Å²) in [5.41, 5.74) is 0.137. The smallest absolute Gasteiger partial charge is 0.408 e. The van der Waals surface area contributed by atoms with Crippen LogP contribution in [0.4, 0.5) is 4.79 Å². The largest absolute Gasteiger partial charge is 0.490 e. The number of benzene rings is 2. The maximum absolute atomic E-state index is 13.4. The Bertz CT molecular complexity index is 1070. The van der Waals surface area contributed by atoms with Crippen molar-refractivity contribution in [2.45, 2.75) is 58.3 Å². The number of piperidine rings is 1. The van der Waals surface area contributed by atoms with Gasteiger partial charge >= 0.3 is 6.09 Å². The van der Waals surface area contributed by atoms with E-state index in [2.05, 4.69) is 5.32 Å². The molecule has 3 rings (SSSR count). The maximum atomic E-state index is 13.4. The number of ether oxygens (including phenoxy) is 2. The fourth-order valence-electron chi connectivity index (χ4n) is 3.76. The summed E-state index contributed by atoms with van der Waals surface area (Å²) in [6, 6.07) is 10.5. The van der Waals surface area contributed by atoms with Gasteiger partial charge in [0.25, 0.3) is 0 Å². The van der Waals surface area contributed by atoms with Crippen molar-refractivity contribution in [1.82, 2.24) is 10.2 Å². The number of likely N-dealkylation sites (tertiary alicyclic amines) is 1. The van der Waals surface area contributed by atoms with Crippen molar-refractivity contribution >= 4 is 41.0 Å². The van der Waals surface area contributed by atoms with Crippen molar-refractivity contribution in [1.29, 1.82) is 0 Å². The Labute approximate surface area is 215 Å². The fourth-order valence-corrected chi connectivity index (χ4v) is 4.07. The summed E-state index contributed by atoms with van der Waals surface area (Å²) in [6.07, 6.45) is 0.780. The zero-order valence-electron chi connectivity index (χ0n) is 20.3. The Kier molecular flexibility index (Phi) is 8.67. The van der Waals surface area contributed by atoms with Gasteiger partial charge in [-0.05, 0) is 62.7 Å². The molecule has 0 aromatic heterocycles. The quantitative estimate of drug-likeness (QED) is 0.484. The lowest BCUT2D eigenvalue weighted by Crippen LogP contribution is -2.40. The van der Waals surface area contributed by atoms with E-state index in [-0.39, 0.29) is 22.8 Å². The topological polar surface area (TPSA) is 84.9 Å². The Balaban J connectivity index is 1.74. The Morgan fingerprint density at radius 2 is 1.63 bits per heavy atom. The molecule has 1 aliphatic rings. The van der Waals surface area contributed by atoms with E-state index in [0.717, 1.165) is 12.8 Å². The van der Waals surface area contributed by atoms with Crippen LogP contribution in [-0.2, 0) is 9.53 Å². The number of amides is 2. The van der Waals surface area contributed by atoms with Crippen LogP contribution in [0.25, 0.3) is 0 Å². The lowest BCUT2D eigenvalue weighted by atomic mass is 9.97. The second-order valence-electron chi connectivity index (χ2n) is 9.46. The molecule has 1 aliphatic heterocycles. The van der Waals surface area contributed by atoms with E-state index >= 15 is 0 Å². The van der Waals surface area contributed by atoms with Gasteiger partial charge in [-0.3, -0.25) is 9.59 Å². The molecule has 1 unspecified atom stereocenters. The third-order valence-corrected chi connectivity index (χ3v) is 6.27. The zero-order chi connectivity index (χ0) is 25.8. The van der Waals surface area contributed by atoms with Crippen molar-refractivity contribution in [3.8, 4) is 5.75 Å². The second-order valence-corrected chi connectivity index (χ2v) is 10.3. The fraction of sp³-hybridized carbons (Fsp3) is 0.423.